The summed E-state index contributed by atoms with van der Waals surface area (Å²) in [5, 5.41) is 14.6. The van der Waals surface area contributed by atoms with Crippen molar-refractivity contribution >= 4 is 39.8 Å². The molecule has 1 amide bonds. The molecule has 0 aliphatic heterocycles. The van der Waals surface area contributed by atoms with Gasteiger partial charge in [-0.3, -0.25) is 4.79 Å². The molecule has 0 saturated heterocycles. The second kappa shape index (κ2) is 6.84. The molecule has 0 radical (unpaired) electrons. The van der Waals surface area contributed by atoms with Gasteiger partial charge >= 0.3 is 0 Å². The van der Waals surface area contributed by atoms with Crippen LogP contribution in [-0.2, 0) is 4.79 Å². The van der Waals surface area contributed by atoms with Gasteiger partial charge in [0.2, 0.25) is 11.0 Å². The largest absolute Gasteiger partial charge is 0.357 e. The van der Waals surface area contributed by atoms with E-state index in [0.717, 1.165) is 9.47 Å². The van der Waals surface area contributed by atoms with E-state index >= 15 is 0 Å². The quantitative estimate of drug-likeness (QED) is 0.776. The van der Waals surface area contributed by atoms with Gasteiger partial charge in [0, 0.05) is 11.7 Å². The maximum atomic E-state index is 13.5. The summed E-state index contributed by atoms with van der Waals surface area (Å²) in [6, 6.07) is 5.19. The van der Waals surface area contributed by atoms with E-state index in [1.54, 1.807) is 26.0 Å². The first-order chi connectivity index (χ1) is 11.0. The Morgan fingerprint density at radius 1 is 1.43 bits per heavy atom. The van der Waals surface area contributed by atoms with E-state index < -0.39 is 0 Å². The van der Waals surface area contributed by atoms with Gasteiger partial charge < -0.3 is 10.6 Å². The number of nitrogens with one attached hydrogen (secondary N) is 2. The Hall–Kier alpha value is -1.67. The summed E-state index contributed by atoms with van der Waals surface area (Å²) in [6.07, 6.45) is 2.35. The summed E-state index contributed by atoms with van der Waals surface area (Å²) < 4.78 is 14.3. The molecule has 1 fully saturated rings. The zero-order valence-electron chi connectivity index (χ0n) is 12.8. The first-order valence-electron chi connectivity index (χ1n) is 7.35. The Bertz CT molecular complexity index is 717. The van der Waals surface area contributed by atoms with Crippen molar-refractivity contribution in [2.45, 2.75) is 42.3 Å². The first kappa shape index (κ1) is 16.2. The van der Waals surface area contributed by atoms with Gasteiger partial charge in [-0.15, -0.1) is 10.2 Å². The number of benzene rings is 1. The highest BCUT2D eigenvalue weighted by Crippen LogP contribution is 2.32. The van der Waals surface area contributed by atoms with Crippen LogP contribution in [0.25, 0.3) is 0 Å². The number of carbonyl (C=O) groups is 1. The Morgan fingerprint density at radius 2 is 2.22 bits per heavy atom. The van der Waals surface area contributed by atoms with E-state index in [2.05, 4.69) is 20.8 Å². The minimum atomic E-state index is -0.346. The molecule has 3 rings (SSSR count). The number of rotatable bonds is 6. The van der Waals surface area contributed by atoms with Crippen molar-refractivity contribution in [1.29, 1.82) is 0 Å². The predicted molar refractivity (Wildman–Crippen MR) is 91.6 cm³/mol. The van der Waals surface area contributed by atoms with Gasteiger partial charge in [-0.05, 0) is 44.4 Å². The topological polar surface area (TPSA) is 66.9 Å². The third-order valence-corrected chi connectivity index (χ3v) is 5.44. The lowest BCUT2D eigenvalue weighted by Gasteiger charge is -2.10. The van der Waals surface area contributed by atoms with Gasteiger partial charge in [0.05, 0.1) is 5.25 Å². The highest BCUT2D eigenvalue weighted by atomic mass is 32.2. The van der Waals surface area contributed by atoms with Crippen LogP contribution in [0, 0.1) is 12.7 Å². The summed E-state index contributed by atoms with van der Waals surface area (Å²) in [5.74, 6) is -0.520. The number of anilines is 2. The molecule has 1 aromatic heterocycles. The SMILES string of the molecule is Cc1ccc(NC(=O)[C@H](C)Sc2nnc(NC3CC3)s2)cc1F. The summed E-state index contributed by atoms with van der Waals surface area (Å²) >= 11 is 2.79. The second-order valence-electron chi connectivity index (χ2n) is 5.51. The highest BCUT2D eigenvalue weighted by Gasteiger charge is 2.23. The fourth-order valence-corrected chi connectivity index (χ4v) is 3.81. The minimum Gasteiger partial charge on any atom is -0.357 e. The number of thioether (sulfide) groups is 1. The summed E-state index contributed by atoms with van der Waals surface area (Å²) in [7, 11) is 0. The number of halogens is 1. The van der Waals surface area contributed by atoms with Crippen LogP contribution < -0.4 is 10.6 Å². The molecule has 0 unspecified atom stereocenters. The molecule has 1 atom stereocenters. The molecular formula is C15H17FN4OS2. The van der Waals surface area contributed by atoms with Crippen LogP contribution in [0.5, 0.6) is 0 Å². The van der Waals surface area contributed by atoms with Gasteiger partial charge in [-0.2, -0.15) is 0 Å². The fourth-order valence-electron chi connectivity index (χ4n) is 1.84. The number of amides is 1. The standard InChI is InChI=1S/C15H17FN4OS2/c1-8-3-4-11(7-12(8)16)17-13(21)9(2)22-15-20-19-14(23-15)18-10-5-6-10/h3-4,7,9-10H,5-6H2,1-2H3,(H,17,21)(H,18,19)/t9-/m0/s1. The fraction of sp³-hybridized carbons (Fsp3) is 0.400. The third-order valence-electron chi connectivity index (χ3n) is 3.40. The maximum Gasteiger partial charge on any atom is 0.237 e. The Kier molecular flexibility index (Phi) is 4.82. The van der Waals surface area contributed by atoms with Crippen molar-refractivity contribution < 1.29 is 9.18 Å². The van der Waals surface area contributed by atoms with E-state index in [-0.39, 0.29) is 17.0 Å². The number of aryl methyl sites for hydroxylation is 1. The first-order valence-corrected chi connectivity index (χ1v) is 9.04. The van der Waals surface area contributed by atoms with E-state index in [1.807, 2.05) is 0 Å². The summed E-state index contributed by atoms with van der Waals surface area (Å²) in [6.45, 7) is 3.47. The number of hydrogen-bond acceptors (Lipinski definition) is 6. The van der Waals surface area contributed by atoms with E-state index in [0.29, 0.717) is 17.3 Å². The average Bonchev–Trinajstić information content (AvgIpc) is 3.21. The maximum absolute atomic E-state index is 13.5. The predicted octanol–water partition coefficient (Wildman–Crippen LogP) is 3.68. The zero-order chi connectivity index (χ0) is 16.4. The molecule has 1 aliphatic rings. The van der Waals surface area contributed by atoms with Gasteiger partial charge in [0.15, 0.2) is 4.34 Å². The van der Waals surface area contributed by atoms with Crippen molar-refractivity contribution in [2.75, 3.05) is 10.6 Å². The molecule has 1 saturated carbocycles. The smallest absolute Gasteiger partial charge is 0.237 e. The van der Waals surface area contributed by atoms with Crippen LogP contribution in [0.15, 0.2) is 22.5 Å². The lowest BCUT2D eigenvalue weighted by atomic mass is 10.2. The average molecular weight is 352 g/mol. The number of carbonyl (C=O) groups excluding carboxylic acids is 1. The Balaban J connectivity index is 1.56. The van der Waals surface area contributed by atoms with Crippen LogP contribution in [0.4, 0.5) is 15.2 Å². The minimum absolute atomic E-state index is 0.190. The normalized spacial score (nSPS) is 15.3. The van der Waals surface area contributed by atoms with Gasteiger partial charge in [-0.1, -0.05) is 29.2 Å². The lowest BCUT2D eigenvalue weighted by Crippen LogP contribution is -2.22. The summed E-state index contributed by atoms with van der Waals surface area (Å²) in [4.78, 5) is 12.2. The molecule has 1 heterocycles. The highest BCUT2D eigenvalue weighted by molar-refractivity contribution is 8.02. The number of nitrogens with zero attached hydrogens (tertiary/aromatic N) is 2. The molecule has 23 heavy (non-hydrogen) atoms. The Labute approximate surface area is 142 Å². The van der Waals surface area contributed by atoms with E-state index in [4.69, 9.17) is 0 Å². The molecule has 2 aromatic rings. The lowest BCUT2D eigenvalue weighted by molar-refractivity contribution is -0.115. The van der Waals surface area contributed by atoms with E-state index in [1.165, 1.54) is 42.0 Å². The van der Waals surface area contributed by atoms with E-state index in [9.17, 15) is 9.18 Å². The Morgan fingerprint density at radius 3 is 2.91 bits per heavy atom. The number of aromatic nitrogens is 2. The molecule has 1 aliphatic carbocycles. The molecule has 0 bridgehead atoms. The van der Waals surface area contributed by atoms with Crippen LogP contribution in [0.3, 0.4) is 0 Å². The van der Waals surface area contributed by atoms with Crippen molar-refractivity contribution in [3.05, 3.63) is 29.6 Å². The van der Waals surface area contributed by atoms with Crippen LogP contribution >= 0.6 is 23.1 Å². The second-order valence-corrected chi connectivity index (χ2v) is 8.07. The monoisotopic (exact) mass is 352 g/mol. The molecule has 0 spiro atoms. The third kappa shape index (κ3) is 4.42. The van der Waals surface area contributed by atoms with Crippen molar-refractivity contribution in [2.24, 2.45) is 0 Å². The van der Waals surface area contributed by atoms with Crippen LogP contribution in [0.2, 0.25) is 0 Å². The number of hydrogen-bond donors (Lipinski definition) is 2. The molecule has 1 aromatic carbocycles. The van der Waals surface area contributed by atoms with Crippen LogP contribution in [-0.4, -0.2) is 27.4 Å². The molecule has 8 heteroatoms. The zero-order valence-corrected chi connectivity index (χ0v) is 14.4. The van der Waals surface area contributed by atoms with Crippen molar-refractivity contribution in [3.63, 3.8) is 0 Å². The molecule has 2 N–H and O–H groups in total. The van der Waals surface area contributed by atoms with Crippen LogP contribution in [0.1, 0.15) is 25.3 Å². The molecule has 122 valence electrons. The summed E-state index contributed by atoms with van der Waals surface area (Å²) in [5.41, 5.74) is 1.01. The van der Waals surface area contributed by atoms with Gasteiger partial charge in [0.1, 0.15) is 5.82 Å². The molecular weight excluding hydrogens is 335 g/mol. The van der Waals surface area contributed by atoms with Crippen molar-refractivity contribution in [1.82, 2.24) is 10.2 Å². The van der Waals surface area contributed by atoms with Gasteiger partial charge in [-0.25, -0.2) is 4.39 Å². The van der Waals surface area contributed by atoms with Gasteiger partial charge in [0.25, 0.3) is 0 Å². The molecule has 5 nitrogen and oxygen atoms in total. The van der Waals surface area contributed by atoms with Crippen molar-refractivity contribution in [3.8, 4) is 0 Å².